The van der Waals surface area contributed by atoms with E-state index < -0.39 is 18.2 Å². The first-order valence-corrected chi connectivity index (χ1v) is 13.2. The number of carbonyl (C=O) groups is 3. The molecule has 0 spiro atoms. The Morgan fingerprint density at radius 2 is 1.45 bits per heavy atom. The lowest BCUT2D eigenvalue weighted by Crippen LogP contribution is -2.40. The van der Waals surface area contributed by atoms with Crippen LogP contribution in [0.15, 0.2) is 77.8 Å². The second kappa shape index (κ2) is 17.1. The second-order valence-electron chi connectivity index (χ2n) is 9.25. The maximum Gasteiger partial charge on any atom is 0.490 e. The molecule has 3 rings (SSSR count). The van der Waals surface area contributed by atoms with Gasteiger partial charge in [0.2, 0.25) is 5.91 Å². The number of Topliss-reactive ketones (excluding diaryl/α,β-unsaturated/α-hetero) is 1. The number of carbonyl (C=O) groups excluding carboxylic acids is 2. The Morgan fingerprint density at radius 1 is 0.864 bits per heavy atom. The van der Waals surface area contributed by atoms with Crippen molar-refractivity contribution < 1.29 is 46.9 Å². The molecule has 1 atom stereocenters. The monoisotopic (exact) mass is 617 g/mol. The van der Waals surface area contributed by atoms with Gasteiger partial charge in [-0.25, -0.2) is 9.79 Å². The van der Waals surface area contributed by atoms with Crippen molar-refractivity contribution in [3.05, 3.63) is 89.5 Å². The zero-order valence-corrected chi connectivity index (χ0v) is 24.4. The number of hydrogen-bond acceptors (Lipinski definition) is 7. The highest BCUT2D eigenvalue weighted by atomic mass is 19.4. The van der Waals surface area contributed by atoms with E-state index in [0.717, 1.165) is 16.7 Å². The number of nitrogens with two attached hydrogens (primary N) is 1. The van der Waals surface area contributed by atoms with Gasteiger partial charge in [-0.05, 0) is 47.4 Å². The third kappa shape index (κ3) is 12.0. The molecule has 0 heterocycles. The number of aryl methyl sites for hydroxylation is 1. The van der Waals surface area contributed by atoms with E-state index in [1.807, 2.05) is 60.7 Å². The number of methoxy groups -OCH3 is 3. The number of ether oxygens (including phenoxy) is 3. The van der Waals surface area contributed by atoms with Gasteiger partial charge < -0.3 is 25.1 Å². The van der Waals surface area contributed by atoms with Gasteiger partial charge in [0.1, 0.15) is 11.8 Å². The molecule has 0 aliphatic heterocycles. The van der Waals surface area contributed by atoms with E-state index in [1.165, 1.54) is 0 Å². The molecule has 0 aliphatic rings. The van der Waals surface area contributed by atoms with Crippen molar-refractivity contribution in [2.75, 3.05) is 21.3 Å². The number of nitrogens with one attached hydrogen (secondary N) is 1. The van der Waals surface area contributed by atoms with Crippen LogP contribution in [0.3, 0.4) is 0 Å². The topological polar surface area (TPSA) is 150 Å². The fourth-order valence-corrected chi connectivity index (χ4v) is 3.86. The van der Waals surface area contributed by atoms with E-state index in [9.17, 15) is 22.8 Å². The highest BCUT2D eigenvalue weighted by Gasteiger charge is 2.38. The molecule has 0 saturated carbocycles. The number of carboxylic acid groups (broad SMARTS) is 1. The quantitative estimate of drug-likeness (QED) is 0.203. The minimum atomic E-state index is -5.08. The molecule has 0 fully saturated rings. The number of nitrogens with zero attached hydrogens (tertiary/aromatic N) is 1. The van der Waals surface area contributed by atoms with Crippen molar-refractivity contribution >= 4 is 23.6 Å². The van der Waals surface area contributed by atoms with Gasteiger partial charge in [0.15, 0.2) is 23.2 Å². The van der Waals surface area contributed by atoms with Crippen LogP contribution < -0.4 is 25.3 Å². The normalized spacial score (nSPS) is 11.8. The molecule has 1 amide bonds. The number of ketones is 1. The highest BCUT2D eigenvalue weighted by Crippen LogP contribution is 2.28. The third-order valence-corrected chi connectivity index (χ3v) is 6.08. The van der Waals surface area contributed by atoms with Crippen LogP contribution in [0.4, 0.5) is 13.2 Å². The molecule has 0 unspecified atom stereocenters. The summed E-state index contributed by atoms with van der Waals surface area (Å²) in [7, 11) is 4.73. The number of benzene rings is 3. The lowest BCUT2D eigenvalue weighted by molar-refractivity contribution is -0.192. The van der Waals surface area contributed by atoms with Crippen LogP contribution in [-0.2, 0) is 33.6 Å². The molecule has 44 heavy (non-hydrogen) atoms. The Balaban J connectivity index is 0.000000860. The summed E-state index contributed by atoms with van der Waals surface area (Å²) in [6.45, 7) is 0. The summed E-state index contributed by atoms with van der Waals surface area (Å²) < 4.78 is 47.5. The van der Waals surface area contributed by atoms with Gasteiger partial charge in [-0.3, -0.25) is 14.9 Å². The van der Waals surface area contributed by atoms with E-state index in [1.54, 1.807) is 33.5 Å². The molecule has 3 aromatic carbocycles. The van der Waals surface area contributed by atoms with E-state index in [4.69, 9.17) is 29.8 Å². The van der Waals surface area contributed by atoms with Crippen molar-refractivity contribution in [3.63, 3.8) is 0 Å². The number of aliphatic carboxylic acids is 1. The van der Waals surface area contributed by atoms with Crippen molar-refractivity contribution in [1.29, 1.82) is 0 Å². The number of carboxylic acids is 1. The van der Waals surface area contributed by atoms with Crippen LogP contribution in [0.2, 0.25) is 0 Å². The highest BCUT2D eigenvalue weighted by molar-refractivity contribution is 5.98. The maximum absolute atomic E-state index is 13.2. The van der Waals surface area contributed by atoms with Crippen LogP contribution >= 0.6 is 0 Å². The summed E-state index contributed by atoms with van der Waals surface area (Å²) >= 11 is 0. The first kappa shape index (κ1) is 35.1. The lowest BCUT2D eigenvalue weighted by Gasteiger charge is -2.14. The van der Waals surface area contributed by atoms with Crippen LogP contribution in [0.1, 0.15) is 23.1 Å². The van der Waals surface area contributed by atoms with E-state index in [-0.39, 0.29) is 30.5 Å². The average molecular weight is 618 g/mol. The number of hydrogen-bond donors (Lipinski definition) is 3. The fourth-order valence-electron chi connectivity index (χ4n) is 3.86. The number of halogens is 3. The predicted molar refractivity (Wildman–Crippen MR) is 157 cm³/mol. The minimum absolute atomic E-state index is 0.0778. The Hall–Kier alpha value is -5.07. The zero-order chi connectivity index (χ0) is 32.7. The Morgan fingerprint density at radius 3 is 2.00 bits per heavy atom. The summed E-state index contributed by atoms with van der Waals surface area (Å²) in [4.78, 5) is 39.0. The van der Waals surface area contributed by atoms with Gasteiger partial charge >= 0.3 is 12.1 Å². The first-order valence-electron chi connectivity index (χ1n) is 13.2. The summed E-state index contributed by atoms with van der Waals surface area (Å²) in [5, 5.41) is 9.73. The third-order valence-electron chi connectivity index (χ3n) is 6.08. The fraction of sp³-hybridized carbons (Fsp3) is 0.290. The van der Waals surface area contributed by atoms with Gasteiger partial charge in [0.05, 0.1) is 27.8 Å². The SMILES string of the molecule is COc1ccc(CC(=O)NC(N)=N[C@H](Cc2ccccc2)C(=O)CCc2ccc(OC)c(OC)c2)cc1.O=C(O)C(F)(F)F. The molecule has 4 N–H and O–H groups in total. The number of guanidine groups is 1. The smallest absolute Gasteiger partial charge is 0.490 e. The van der Waals surface area contributed by atoms with E-state index in [0.29, 0.717) is 30.1 Å². The molecule has 0 aliphatic carbocycles. The zero-order valence-electron chi connectivity index (χ0n) is 24.4. The summed E-state index contributed by atoms with van der Waals surface area (Å²) in [6, 6.07) is 21.6. The van der Waals surface area contributed by atoms with Crippen molar-refractivity contribution in [1.82, 2.24) is 5.32 Å². The average Bonchev–Trinajstić information content (AvgIpc) is 3.00. The van der Waals surface area contributed by atoms with Crippen LogP contribution in [0.25, 0.3) is 0 Å². The van der Waals surface area contributed by atoms with Gasteiger partial charge in [-0.15, -0.1) is 0 Å². The van der Waals surface area contributed by atoms with Crippen molar-refractivity contribution in [3.8, 4) is 17.2 Å². The molecule has 10 nitrogen and oxygen atoms in total. The molecule has 236 valence electrons. The molecular weight excluding hydrogens is 583 g/mol. The first-order chi connectivity index (χ1) is 20.9. The molecule has 0 radical (unpaired) electrons. The summed E-state index contributed by atoms with van der Waals surface area (Å²) in [5.41, 5.74) is 8.75. The molecule has 0 aromatic heterocycles. The van der Waals surface area contributed by atoms with Crippen molar-refractivity contribution in [2.45, 2.75) is 37.9 Å². The van der Waals surface area contributed by atoms with Crippen LogP contribution in [-0.4, -0.2) is 62.3 Å². The van der Waals surface area contributed by atoms with Crippen LogP contribution in [0.5, 0.6) is 17.2 Å². The summed E-state index contributed by atoms with van der Waals surface area (Å²) in [6.07, 6.45) is -3.83. The number of rotatable bonds is 12. The van der Waals surface area contributed by atoms with Gasteiger partial charge in [0, 0.05) is 12.8 Å². The van der Waals surface area contributed by atoms with Gasteiger partial charge in [-0.2, -0.15) is 13.2 Å². The van der Waals surface area contributed by atoms with E-state index in [2.05, 4.69) is 10.3 Å². The Kier molecular flexibility index (Phi) is 13.7. The summed E-state index contributed by atoms with van der Waals surface area (Å²) in [5.74, 6) is -1.29. The molecule has 13 heteroatoms. The molecule has 0 saturated heterocycles. The molecule has 0 bridgehead atoms. The van der Waals surface area contributed by atoms with Gasteiger partial charge in [-0.1, -0.05) is 48.5 Å². The van der Waals surface area contributed by atoms with Gasteiger partial charge in [0.25, 0.3) is 0 Å². The molecular formula is C31H34F3N3O7. The Labute approximate surface area is 252 Å². The number of aliphatic imine (C=N–C) groups is 1. The Bertz CT molecular complexity index is 1410. The van der Waals surface area contributed by atoms with E-state index >= 15 is 0 Å². The number of alkyl halides is 3. The standard InChI is InChI=1S/C29H33N3O5.C2HF3O2/c1-35-23-13-9-22(10-14-23)19-28(34)32-29(30)31-24(17-20-7-5-4-6-8-20)25(33)15-11-21-12-16-26(36-2)27(18-21)37-3;3-2(4,5)1(6)7/h4-10,12-14,16,18,24H,11,15,17,19H2,1-3H3,(H3,30,31,32,34);(H,6,7)/t24-;/m1./s1. The van der Waals surface area contributed by atoms with Crippen LogP contribution in [0, 0.1) is 0 Å². The largest absolute Gasteiger partial charge is 0.497 e. The molecule has 3 aromatic rings. The second-order valence-corrected chi connectivity index (χ2v) is 9.25. The predicted octanol–water partition coefficient (Wildman–Crippen LogP) is 4.13. The lowest BCUT2D eigenvalue weighted by atomic mass is 9.98. The minimum Gasteiger partial charge on any atom is -0.497 e. The van der Waals surface area contributed by atoms with Crippen molar-refractivity contribution in [2.24, 2.45) is 10.7 Å². The maximum atomic E-state index is 13.2. The number of amides is 1.